The molecule has 1 atom stereocenters. The fourth-order valence-electron chi connectivity index (χ4n) is 2.36. The molecule has 1 amide bonds. The lowest BCUT2D eigenvalue weighted by Crippen LogP contribution is -2.25. The molecule has 1 aliphatic heterocycles. The highest BCUT2D eigenvalue weighted by Crippen LogP contribution is 2.27. The van der Waals surface area contributed by atoms with Crippen molar-refractivity contribution in [3.63, 3.8) is 0 Å². The van der Waals surface area contributed by atoms with Crippen LogP contribution in [0.4, 0.5) is 0 Å². The Morgan fingerprint density at radius 3 is 3.10 bits per heavy atom. The molecule has 1 heterocycles. The molecule has 0 saturated carbocycles. The van der Waals surface area contributed by atoms with Crippen LogP contribution in [0.1, 0.15) is 12.0 Å². The van der Waals surface area contributed by atoms with Crippen molar-refractivity contribution in [3.05, 3.63) is 38.7 Å². The van der Waals surface area contributed by atoms with Crippen LogP contribution in [-0.2, 0) is 11.3 Å². The minimum atomic E-state index is 0.0881. The third kappa shape index (κ3) is 3.43. The van der Waals surface area contributed by atoms with E-state index in [2.05, 4.69) is 26.0 Å². The minimum Gasteiger partial charge on any atom is -0.496 e. The smallest absolute Gasteiger partial charge is 0.223 e. The number of carbonyl (C=O) groups is 1. The minimum absolute atomic E-state index is 0.0881. The van der Waals surface area contributed by atoms with Gasteiger partial charge in [0.1, 0.15) is 5.75 Å². The Kier molecular flexibility index (Phi) is 4.87. The van der Waals surface area contributed by atoms with Crippen molar-refractivity contribution in [2.75, 3.05) is 20.2 Å². The number of amides is 1. The second-order valence-corrected chi connectivity index (χ2v) is 5.63. The molecular formula is C13H15BrN4O2. The van der Waals surface area contributed by atoms with Gasteiger partial charge in [0, 0.05) is 41.0 Å². The SMILES string of the molecule is COc1ccc(Br)cc1CN1CC(CN=[N+]=[N-])CC1=O. The molecule has 0 bridgehead atoms. The van der Waals surface area contributed by atoms with Crippen LogP contribution in [0.15, 0.2) is 27.8 Å². The fraction of sp³-hybridized carbons (Fsp3) is 0.462. The Bertz CT molecular complexity index is 557. The third-order valence-electron chi connectivity index (χ3n) is 3.30. The molecular weight excluding hydrogens is 324 g/mol. The molecule has 7 heteroatoms. The Hall–Kier alpha value is -1.72. The van der Waals surface area contributed by atoms with Gasteiger partial charge in [0.2, 0.25) is 5.91 Å². The van der Waals surface area contributed by atoms with Gasteiger partial charge < -0.3 is 9.64 Å². The first-order valence-electron chi connectivity index (χ1n) is 6.25. The molecule has 0 spiro atoms. The van der Waals surface area contributed by atoms with E-state index in [1.807, 2.05) is 18.2 Å². The second kappa shape index (κ2) is 6.63. The Balaban J connectivity index is 2.08. The Morgan fingerprint density at radius 2 is 2.40 bits per heavy atom. The van der Waals surface area contributed by atoms with E-state index in [0.717, 1.165) is 15.8 Å². The summed E-state index contributed by atoms with van der Waals surface area (Å²) in [6, 6.07) is 5.73. The maximum absolute atomic E-state index is 12.0. The van der Waals surface area contributed by atoms with Crippen molar-refractivity contribution < 1.29 is 9.53 Å². The van der Waals surface area contributed by atoms with E-state index in [4.69, 9.17) is 10.3 Å². The van der Waals surface area contributed by atoms with Crippen LogP contribution >= 0.6 is 15.9 Å². The molecule has 1 aromatic rings. The van der Waals surface area contributed by atoms with Crippen molar-refractivity contribution >= 4 is 21.8 Å². The van der Waals surface area contributed by atoms with E-state index >= 15 is 0 Å². The van der Waals surface area contributed by atoms with Crippen LogP contribution in [0.5, 0.6) is 5.75 Å². The molecule has 1 aromatic carbocycles. The maximum atomic E-state index is 12.0. The number of ether oxygens (including phenoxy) is 1. The molecule has 1 saturated heterocycles. The summed E-state index contributed by atoms with van der Waals surface area (Å²) in [7, 11) is 1.61. The average Bonchev–Trinajstić information content (AvgIpc) is 2.77. The molecule has 1 fully saturated rings. The number of methoxy groups -OCH3 is 1. The normalized spacial score (nSPS) is 18.0. The number of hydrogen-bond acceptors (Lipinski definition) is 3. The van der Waals surface area contributed by atoms with Gasteiger partial charge in [-0.05, 0) is 29.6 Å². The van der Waals surface area contributed by atoms with Crippen molar-refractivity contribution in [1.82, 2.24) is 4.90 Å². The first kappa shape index (κ1) is 14.7. The maximum Gasteiger partial charge on any atom is 0.223 e. The predicted octanol–water partition coefficient (Wildman–Crippen LogP) is 3.12. The summed E-state index contributed by atoms with van der Waals surface area (Å²) in [5.74, 6) is 0.959. The zero-order chi connectivity index (χ0) is 14.5. The monoisotopic (exact) mass is 338 g/mol. The number of nitrogens with zero attached hydrogens (tertiary/aromatic N) is 4. The molecule has 0 aliphatic carbocycles. The van der Waals surface area contributed by atoms with E-state index in [1.165, 1.54) is 0 Å². The molecule has 2 rings (SSSR count). The van der Waals surface area contributed by atoms with Crippen LogP contribution in [0, 0.1) is 5.92 Å². The molecule has 1 aliphatic rings. The first-order valence-corrected chi connectivity index (χ1v) is 7.04. The molecule has 1 unspecified atom stereocenters. The molecule has 0 N–H and O–H groups in total. The summed E-state index contributed by atoms with van der Waals surface area (Å²) >= 11 is 3.42. The van der Waals surface area contributed by atoms with Gasteiger partial charge in [-0.25, -0.2) is 0 Å². The van der Waals surface area contributed by atoms with Crippen molar-refractivity contribution in [3.8, 4) is 5.75 Å². The summed E-state index contributed by atoms with van der Waals surface area (Å²) in [5, 5.41) is 3.55. The van der Waals surface area contributed by atoms with Crippen molar-refractivity contribution in [1.29, 1.82) is 0 Å². The highest BCUT2D eigenvalue weighted by atomic mass is 79.9. The highest BCUT2D eigenvalue weighted by molar-refractivity contribution is 9.10. The van der Waals surface area contributed by atoms with Gasteiger partial charge in [-0.1, -0.05) is 21.0 Å². The van der Waals surface area contributed by atoms with E-state index < -0.39 is 0 Å². The van der Waals surface area contributed by atoms with Crippen molar-refractivity contribution in [2.45, 2.75) is 13.0 Å². The van der Waals surface area contributed by atoms with Gasteiger partial charge in [0.25, 0.3) is 0 Å². The number of benzene rings is 1. The van der Waals surface area contributed by atoms with Crippen LogP contribution < -0.4 is 4.74 Å². The Labute approximate surface area is 125 Å². The fourth-order valence-corrected chi connectivity index (χ4v) is 2.77. The van der Waals surface area contributed by atoms with Gasteiger partial charge in [0.05, 0.1) is 7.11 Å². The number of carbonyl (C=O) groups excluding carboxylic acids is 1. The van der Waals surface area contributed by atoms with Crippen LogP contribution in [0.2, 0.25) is 0 Å². The number of rotatable bonds is 5. The number of azide groups is 1. The average molecular weight is 339 g/mol. The molecule has 0 aromatic heterocycles. The summed E-state index contributed by atoms with van der Waals surface area (Å²) < 4.78 is 6.26. The lowest BCUT2D eigenvalue weighted by atomic mass is 10.1. The summed E-state index contributed by atoms with van der Waals surface area (Å²) in [4.78, 5) is 16.5. The first-order chi connectivity index (χ1) is 9.63. The highest BCUT2D eigenvalue weighted by Gasteiger charge is 2.29. The van der Waals surface area contributed by atoms with Gasteiger partial charge in [-0.2, -0.15) is 0 Å². The largest absolute Gasteiger partial charge is 0.496 e. The molecule has 106 valence electrons. The van der Waals surface area contributed by atoms with Crippen LogP contribution in [-0.4, -0.2) is 31.0 Å². The van der Waals surface area contributed by atoms with E-state index in [0.29, 0.717) is 26.1 Å². The van der Waals surface area contributed by atoms with Crippen molar-refractivity contribution in [2.24, 2.45) is 11.0 Å². The van der Waals surface area contributed by atoms with Gasteiger partial charge >= 0.3 is 0 Å². The number of hydrogen-bond donors (Lipinski definition) is 0. The molecule has 20 heavy (non-hydrogen) atoms. The zero-order valence-electron chi connectivity index (χ0n) is 11.1. The van der Waals surface area contributed by atoms with Crippen LogP contribution in [0.3, 0.4) is 0 Å². The van der Waals surface area contributed by atoms with E-state index in [1.54, 1.807) is 12.0 Å². The quantitative estimate of drug-likeness (QED) is 0.469. The molecule has 6 nitrogen and oxygen atoms in total. The lowest BCUT2D eigenvalue weighted by Gasteiger charge is -2.18. The topological polar surface area (TPSA) is 78.3 Å². The third-order valence-corrected chi connectivity index (χ3v) is 3.79. The predicted molar refractivity (Wildman–Crippen MR) is 78.2 cm³/mol. The summed E-state index contributed by atoms with van der Waals surface area (Å²) in [6.45, 7) is 1.50. The van der Waals surface area contributed by atoms with E-state index in [9.17, 15) is 4.79 Å². The van der Waals surface area contributed by atoms with Gasteiger partial charge in [-0.15, -0.1) is 0 Å². The molecule has 0 radical (unpaired) electrons. The van der Waals surface area contributed by atoms with Crippen LogP contribution in [0.25, 0.3) is 10.4 Å². The van der Waals surface area contributed by atoms with Gasteiger partial charge in [-0.3, -0.25) is 4.79 Å². The summed E-state index contributed by atoms with van der Waals surface area (Å²) in [6.07, 6.45) is 0.440. The van der Waals surface area contributed by atoms with Gasteiger partial charge in [0.15, 0.2) is 0 Å². The number of halogens is 1. The summed E-state index contributed by atoms with van der Waals surface area (Å²) in [5.41, 5.74) is 9.29. The Morgan fingerprint density at radius 1 is 1.60 bits per heavy atom. The zero-order valence-corrected chi connectivity index (χ0v) is 12.7. The standard InChI is InChI=1S/C13H15BrN4O2/c1-20-12-3-2-11(14)5-10(12)8-18-7-9(4-13(18)19)6-16-17-15/h2-3,5,9H,4,6-8H2,1H3. The van der Waals surface area contributed by atoms with E-state index in [-0.39, 0.29) is 11.8 Å². The number of likely N-dealkylation sites (tertiary alicyclic amines) is 1. The second-order valence-electron chi connectivity index (χ2n) is 4.71. The lowest BCUT2D eigenvalue weighted by molar-refractivity contribution is -0.128.